The van der Waals surface area contributed by atoms with Gasteiger partial charge in [-0.3, -0.25) is 19.1 Å². The molecule has 0 spiro atoms. The predicted octanol–water partition coefficient (Wildman–Crippen LogP) is 3.08. The molecule has 0 bridgehead atoms. The first-order chi connectivity index (χ1) is 14.0. The molecule has 1 amide bonds. The fourth-order valence-corrected chi connectivity index (χ4v) is 3.94. The lowest BCUT2D eigenvalue weighted by molar-refractivity contribution is -0.183. The van der Waals surface area contributed by atoms with E-state index < -0.39 is 35.3 Å². The van der Waals surface area contributed by atoms with Crippen molar-refractivity contribution in [3.8, 4) is 0 Å². The van der Waals surface area contributed by atoms with Crippen LogP contribution in [-0.4, -0.2) is 32.7 Å². The standard InChI is InChI=1S/C20H25F3N4O3/c1-4-27-16-15(18(29)26-19(27)30)13(9-14(25-16)10(2)3)17(28)24-12-7-5-6-11(8-12)20(21,22)23/h9-12H,4-8H2,1-3H3,(H,24,28)(H,26,29,30). The van der Waals surface area contributed by atoms with E-state index in [1.807, 2.05) is 13.8 Å². The highest BCUT2D eigenvalue weighted by Crippen LogP contribution is 2.37. The number of H-pyrrole nitrogens is 1. The second-order valence-corrected chi connectivity index (χ2v) is 8.03. The fraction of sp³-hybridized carbons (Fsp3) is 0.600. The molecule has 2 aromatic rings. The first kappa shape index (κ1) is 22.0. The number of fused-ring (bicyclic) bond motifs is 1. The molecule has 10 heteroatoms. The van der Waals surface area contributed by atoms with Crippen molar-refractivity contribution in [3.05, 3.63) is 38.2 Å². The predicted molar refractivity (Wildman–Crippen MR) is 106 cm³/mol. The van der Waals surface area contributed by atoms with Gasteiger partial charge >= 0.3 is 11.9 Å². The van der Waals surface area contributed by atoms with E-state index in [1.165, 1.54) is 10.6 Å². The van der Waals surface area contributed by atoms with Crippen molar-refractivity contribution < 1.29 is 18.0 Å². The maximum atomic E-state index is 13.1. The van der Waals surface area contributed by atoms with E-state index in [9.17, 15) is 27.6 Å². The molecule has 0 aliphatic heterocycles. The van der Waals surface area contributed by atoms with Gasteiger partial charge in [-0.05, 0) is 38.2 Å². The molecule has 2 aromatic heterocycles. The van der Waals surface area contributed by atoms with Crippen molar-refractivity contribution in [2.24, 2.45) is 5.92 Å². The van der Waals surface area contributed by atoms with E-state index in [4.69, 9.17) is 0 Å². The third-order valence-electron chi connectivity index (χ3n) is 5.59. The summed E-state index contributed by atoms with van der Waals surface area (Å²) in [6, 6.07) is 0.839. The average Bonchev–Trinajstić information content (AvgIpc) is 2.66. The zero-order valence-electron chi connectivity index (χ0n) is 17.1. The summed E-state index contributed by atoms with van der Waals surface area (Å²) in [6.07, 6.45) is -3.64. The van der Waals surface area contributed by atoms with Gasteiger partial charge in [0.05, 0.1) is 16.9 Å². The number of aryl methyl sites for hydroxylation is 1. The Labute approximate surface area is 170 Å². The van der Waals surface area contributed by atoms with Crippen LogP contribution in [0.15, 0.2) is 15.7 Å². The smallest absolute Gasteiger partial charge is 0.349 e. The number of halogens is 3. The maximum Gasteiger partial charge on any atom is 0.391 e. The van der Waals surface area contributed by atoms with E-state index in [0.29, 0.717) is 18.5 Å². The molecular weight excluding hydrogens is 401 g/mol. The molecule has 1 aliphatic rings. The number of carbonyl (C=O) groups excluding carboxylic acids is 1. The number of amides is 1. The van der Waals surface area contributed by atoms with Gasteiger partial charge in [-0.1, -0.05) is 20.3 Å². The van der Waals surface area contributed by atoms with Crippen LogP contribution in [0.25, 0.3) is 11.0 Å². The molecule has 2 heterocycles. The van der Waals surface area contributed by atoms with Gasteiger partial charge in [0.25, 0.3) is 11.5 Å². The van der Waals surface area contributed by atoms with Crippen molar-refractivity contribution in [2.75, 3.05) is 0 Å². The second-order valence-electron chi connectivity index (χ2n) is 8.03. The van der Waals surface area contributed by atoms with Gasteiger partial charge in [-0.2, -0.15) is 13.2 Å². The molecule has 164 valence electrons. The quantitative estimate of drug-likeness (QED) is 0.785. The van der Waals surface area contributed by atoms with E-state index in [0.717, 1.165) is 0 Å². The number of nitrogens with zero attached hydrogens (tertiary/aromatic N) is 2. The van der Waals surface area contributed by atoms with E-state index in [2.05, 4.69) is 15.3 Å². The van der Waals surface area contributed by atoms with Gasteiger partial charge in [0.15, 0.2) is 5.65 Å². The van der Waals surface area contributed by atoms with Crippen LogP contribution in [0.3, 0.4) is 0 Å². The van der Waals surface area contributed by atoms with Gasteiger partial charge in [0.1, 0.15) is 0 Å². The highest BCUT2D eigenvalue weighted by Gasteiger charge is 2.42. The summed E-state index contributed by atoms with van der Waals surface area (Å²) in [5.41, 5.74) is -0.753. The highest BCUT2D eigenvalue weighted by atomic mass is 19.4. The van der Waals surface area contributed by atoms with Gasteiger partial charge < -0.3 is 5.32 Å². The summed E-state index contributed by atoms with van der Waals surface area (Å²) in [5, 5.41) is 2.63. The number of hydrogen-bond donors (Lipinski definition) is 2. The summed E-state index contributed by atoms with van der Waals surface area (Å²) >= 11 is 0. The lowest BCUT2D eigenvalue weighted by Gasteiger charge is -2.31. The normalized spacial score (nSPS) is 20.0. The largest absolute Gasteiger partial charge is 0.391 e. The van der Waals surface area contributed by atoms with E-state index >= 15 is 0 Å². The minimum atomic E-state index is -4.30. The van der Waals surface area contributed by atoms with Crippen LogP contribution in [0, 0.1) is 5.92 Å². The average molecular weight is 426 g/mol. The second kappa shape index (κ2) is 8.23. The highest BCUT2D eigenvalue weighted by molar-refractivity contribution is 6.05. The summed E-state index contributed by atoms with van der Waals surface area (Å²) < 4.78 is 40.6. The number of aromatic amines is 1. The Morgan fingerprint density at radius 2 is 2.03 bits per heavy atom. The lowest BCUT2D eigenvalue weighted by atomic mass is 9.85. The summed E-state index contributed by atoms with van der Waals surface area (Å²) in [4.78, 5) is 44.3. The van der Waals surface area contributed by atoms with Gasteiger partial charge in [-0.15, -0.1) is 0 Å². The molecule has 2 N–H and O–H groups in total. The van der Waals surface area contributed by atoms with Crippen LogP contribution >= 0.6 is 0 Å². The minimum Gasteiger partial charge on any atom is -0.349 e. The Morgan fingerprint density at radius 1 is 1.33 bits per heavy atom. The SMILES string of the molecule is CCn1c(=O)[nH]c(=O)c2c(C(=O)NC3CCCC(C(F)(F)F)C3)cc(C(C)C)nc21. The number of carbonyl (C=O) groups is 1. The maximum absolute atomic E-state index is 13.1. The molecule has 0 aromatic carbocycles. The van der Waals surface area contributed by atoms with Crippen molar-refractivity contribution in [1.82, 2.24) is 19.9 Å². The Bertz CT molecular complexity index is 1070. The number of alkyl halides is 3. The van der Waals surface area contributed by atoms with Gasteiger partial charge in [0, 0.05) is 18.3 Å². The Kier molecular flexibility index (Phi) is 6.05. The lowest BCUT2D eigenvalue weighted by Crippen LogP contribution is -2.42. The van der Waals surface area contributed by atoms with Crippen molar-refractivity contribution in [3.63, 3.8) is 0 Å². The Balaban J connectivity index is 2.05. The Morgan fingerprint density at radius 3 is 2.63 bits per heavy atom. The summed E-state index contributed by atoms with van der Waals surface area (Å²) in [6.45, 7) is 5.65. The third kappa shape index (κ3) is 4.27. The monoisotopic (exact) mass is 426 g/mol. The fourth-order valence-electron chi connectivity index (χ4n) is 3.94. The molecule has 7 nitrogen and oxygen atoms in total. The zero-order chi connectivity index (χ0) is 22.2. The minimum absolute atomic E-state index is 0.0151. The summed E-state index contributed by atoms with van der Waals surface area (Å²) in [7, 11) is 0. The number of hydrogen-bond acceptors (Lipinski definition) is 4. The zero-order valence-corrected chi connectivity index (χ0v) is 17.1. The van der Waals surface area contributed by atoms with Crippen molar-refractivity contribution in [2.45, 2.75) is 71.1 Å². The molecule has 3 rings (SSSR count). The first-order valence-electron chi connectivity index (χ1n) is 10.1. The molecule has 1 fully saturated rings. The van der Waals surface area contributed by atoms with E-state index in [1.54, 1.807) is 6.92 Å². The van der Waals surface area contributed by atoms with Gasteiger partial charge in [-0.25, -0.2) is 9.78 Å². The van der Waals surface area contributed by atoms with Crippen LogP contribution < -0.4 is 16.6 Å². The molecule has 0 radical (unpaired) electrons. The molecule has 2 unspecified atom stereocenters. The number of aromatic nitrogens is 3. The summed E-state index contributed by atoms with van der Waals surface area (Å²) in [5.74, 6) is -2.18. The van der Waals surface area contributed by atoms with Crippen LogP contribution in [0.4, 0.5) is 13.2 Å². The first-order valence-corrected chi connectivity index (χ1v) is 10.1. The van der Waals surface area contributed by atoms with Crippen LogP contribution in [-0.2, 0) is 6.54 Å². The van der Waals surface area contributed by atoms with E-state index in [-0.39, 0.29) is 41.9 Å². The molecule has 30 heavy (non-hydrogen) atoms. The topological polar surface area (TPSA) is 96.9 Å². The van der Waals surface area contributed by atoms with Crippen molar-refractivity contribution >= 4 is 16.9 Å². The molecule has 0 saturated heterocycles. The van der Waals surface area contributed by atoms with Crippen LogP contribution in [0.2, 0.25) is 0 Å². The number of nitrogens with one attached hydrogen (secondary N) is 2. The Hall–Kier alpha value is -2.65. The molecule has 1 aliphatic carbocycles. The molecule has 1 saturated carbocycles. The number of pyridine rings is 1. The van der Waals surface area contributed by atoms with Gasteiger partial charge in [0.2, 0.25) is 0 Å². The molecule has 2 atom stereocenters. The third-order valence-corrected chi connectivity index (χ3v) is 5.59. The van der Waals surface area contributed by atoms with Crippen molar-refractivity contribution in [1.29, 1.82) is 0 Å². The van der Waals surface area contributed by atoms with Crippen LogP contribution in [0.5, 0.6) is 0 Å². The molecular formula is C20H25F3N4O3. The van der Waals surface area contributed by atoms with Crippen LogP contribution in [0.1, 0.15) is 68.4 Å². The number of rotatable bonds is 4.